The first-order valence-corrected chi connectivity index (χ1v) is 9.48. The van der Waals surface area contributed by atoms with Crippen LogP contribution < -0.4 is 16.1 Å². The Morgan fingerprint density at radius 3 is 2.70 bits per heavy atom. The Bertz CT molecular complexity index is 1050. The minimum atomic E-state index is -0.853. The Morgan fingerprint density at radius 1 is 1.27 bits per heavy atom. The van der Waals surface area contributed by atoms with Gasteiger partial charge < -0.3 is 15.5 Å². The first-order valence-electron chi connectivity index (χ1n) is 9.48. The van der Waals surface area contributed by atoms with Crippen molar-refractivity contribution >= 4 is 17.7 Å². The number of nitrogens with zero attached hydrogens (tertiary/aromatic N) is 3. The second-order valence-electron chi connectivity index (χ2n) is 6.90. The molecular formula is C20H22FN5O4. The van der Waals surface area contributed by atoms with Gasteiger partial charge in [0.2, 0.25) is 17.2 Å². The number of nitrogens with one attached hydrogen (secondary N) is 2. The zero-order valence-corrected chi connectivity index (χ0v) is 16.6. The minimum absolute atomic E-state index is 0.0885. The lowest BCUT2D eigenvalue weighted by atomic mass is 10.2. The summed E-state index contributed by atoms with van der Waals surface area (Å²) in [5, 5.41) is 8.89. The second kappa shape index (κ2) is 8.85. The van der Waals surface area contributed by atoms with Gasteiger partial charge in [0, 0.05) is 25.4 Å². The Hall–Kier alpha value is -3.56. The Kier molecular flexibility index (Phi) is 6.24. The van der Waals surface area contributed by atoms with Crippen LogP contribution in [0.3, 0.4) is 0 Å². The fourth-order valence-electron chi connectivity index (χ4n) is 3.42. The van der Waals surface area contributed by atoms with Gasteiger partial charge in [-0.05, 0) is 31.9 Å². The van der Waals surface area contributed by atoms with E-state index in [1.54, 1.807) is 13.0 Å². The highest BCUT2D eigenvalue weighted by Crippen LogP contribution is 2.17. The van der Waals surface area contributed by atoms with Crippen molar-refractivity contribution in [1.29, 1.82) is 0 Å². The molecule has 1 atom stereocenters. The van der Waals surface area contributed by atoms with E-state index >= 15 is 0 Å². The van der Waals surface area contributed by atoms with E-state index in [4.69, 9.17) is 0 Å². The fourth-order valence-corrected chi connectivity index (χ4v) is 3.42. The summed E-state index contributed by atoms with van der Waals surface area (Å²) < 4.78 is 15.3. The molecule has 0 aliphatic carbocycles. The first kappa shape index (κ1) is 21.2. The second-order valence-corrected chi connectivity index (χ2v) is 6.90. The molecule has 3 amide bonds. The van der Waals surface area contributed by atoms with E-state index in [1.807, 2.05) is 0 Å². The summed E-state index contributed by atoms with van der Waals surface area (Å²) in [6.45, 7) is 1.59. The summed E-state index contributed by atoms with van der Waals surface area (Å²) in [5.41, 5.74) is -0.663. The van der Waals surface area contributed by atoms with Crippen molar-refractivity contribution in [1.82, 2.24) is 25.3 Å². The maximum absolute atomic E-state index is 14.1. The number of para-hydroxylation sites is 1. The number of carbonyl (C=O) groups excluding carboxylic acids is 3. The van der Waals surface area contributed by atoms with Crippen LogP contribution in [0.15, 0.2) is 35.1 Å². The van der Waals surface area contributed by atoms with E-state index in [1.165, 1.54) is 36.2 Å². The van der Waals surface area contributed by atoms with Crippen molar-refractivity contribution in [3.8, 4) is 5.69 Å². The smallest absolute Gasteiger partial charge is 0.276 e. The number of rotatable bonds is 5. The molecule has 158 valence electrons. The number of aryl methyl sites for hydroxylation is 1. The molecule has 0 radical (unpaired) electrons. The van der Waals surface area contributed by atoms with Gasteiger partial charge in [0.15, 0.2) is 5.69 Å². The van der Waals surface area contributed by atoms with Crippen LogP contribution in [0.1, 0.15) is 29.0 Å². The predicted molar refractivity (Wildman–Crippen MR) is 106 cm³/mol. The van der Waals surface area contributed by atoms with Gasteiger partial charge in [-0.25, -0.2) is 9.07 Å². The van der Waals surface area contributed by atoms with E-state index in [0.29, 0.717) is 25.1 Å². The molecule has 1 saturated heterocycles. The maximum atomic E-state index is 14.1. The van der Waals surface area contributed by atoms with Gasteiger partial charge in [-0.3, -0.25) is 19.2 Å². The monoisotopic (exact) mass is 415 g/mol. The largest absolute Gasteiger partial charge is 0.357 e. The third-order valence-electron chi connectivity index (χ3n) is 4.93. The number of aromatic nitrogens is 2. The molecule has 0 spiro atoms. The van der Waals surface area contributed by atoms with Crippen molar-refractivity contribution in [3.05, 3.63) is 57.8 Å². The highest BCUT2D eigenvalue weighted by molar-refractivity contribution is 5.95. The number of likely N-dealkylation sites (N-methyl/N-ethyl adjacent to an activating group) is 1. The lowest BCUT2D eigenvalue weighted by molar-refractivity contribution is -0.137. The van der Waals surface area contributed by atoms with Crippen LogP contribution in [0.4, 0.5) is 4.39 Å². The molecule has 3 rings (SSSR count). The van der Waals surface area contributed by atoms with Crippen molar-refractivity contribution in [2.45, 2.75) is 25.8 Å². The number of amides is 3. The standard InChI is InChI=1S/C20H22FN5O4/c1-12-10-16(27)18(24-26(12)14-7-4-3-6-13(14)21)20(30)23-11-17(28)25-9-5-8-15(25)19(29)22-2/h3-4,6-7,10,15H,5,8-9,11H2,1-2H3,(H,22,29)(H,23,30). The van der Waals surface area contributed by atoms with E-state index in [0.717, 1.165) is 4.68 Å². The average Bonchev–Trinajstić information content (AvgIpc) is 3.22. The van der Waals surface area contributed by atoms with Gasteiger partial charge in [0.1, 0.15) is 17.5 Å². The molecule has 2 aromatic rings. The normalized spacial score (nSPS) is 15.7. The molecule has 2 N–H and O–H groups in total. The van der Waals surface area contributed by atoms with Crippen LogP contribution in [0.2, 0.25) is 0 Å². The third kappa shape index (κ3) is 4.22. The quantitative estimate of drug-likeness (QED) is 0.722. The molecule has 9 nitrogen and oxygen atoms in total. The highest BCUT2D eigenvalue weighted by Gasteiger charge is 2.33. The summed E-state index contributed by atoms with van der Waals surface area (Å²) in [5.74, 6) is -2.11. The van der Waals surface area contributed by atoms with Crippen molar-refractivity contribution in [2.24, 2.45) is 0 Å². The van der Waals surface area contributed by atoms with E-state index in [9.17, 15) is 23.6 Å². The van der Waals surface area contributed by atoms with Crippen LogP contribution in [-0.4, -0.2) is 58.6 Å². The van der Waals surface area contributed by atoms with Crippen LogP contribution in [-0.2, 0) is 9.59 Å². The summed E-state index contributed by atoms with van der Waals surface area (Å²) in [4.78, 5) is 50.5. The topological polar surface area (TPSA) is 113 Å². The van der Waals surface area contributed by atoms with Gasteiger partial charge in [-0.2, -0.15) is 5.10 Å². The van der Waals surface area contributed by atoms with E-state index in [2.05, 4.69) is 15.7 Å². The zero-order chi connectivity index (χ0) is 21.8. The summed E-state index contributed by atoms with van der Waals surface area (Å²) in [6.07, 6.45) is 1.23. The third-order valence-corrected chi connectivity index (χ3v) is 4.93. The summed E-state index contributed by atoms with van der Waals surface area (Å²) in [7, 11) is 1.49. The maximum Gasteiger partial charge on any atom is 0.276 e. The fraction of sp³-hybridized carbons (Fsp3) is 0.350. The number of hydrogen-bond acceptors (Lipinski definition) is 5. The highest BCUT2D eigenvalue weighted by atomic mass is 19.1. The van der Waals surface area contributed by atoms with E-state index in [-0.39, 0.29) is 18.1 Å². The van der Waals surface area contributed by atoms with Crippen molar-refractivity contribution < 1.29 is 18.8 Å². The van der Waals surface area contributed by atoms with Crippen LogP contribution in [0.25, 0.3) is 5.69 Å². The molecule has 30 heavy (non-hydrogen) atoms. The lowest BCUT2D eigenvalue weighted by Crippen LogP contribution is -2.48. The Balaban J connectivity index is 1.77. The number of benzene rings is 1. The van der Waals surface area contributed by atoms with Gasteiger partial charge >= 0.3 is 0 Å². The molecule has 2 heterocycles. The molecule has 1 aromatic carbocycles. The van der Waals surface area contributed by atoms with Gasteiger partial charge in [0.05, 0.1) is 6.54 Å². The van der Waals surface area contributed by atoms with Crippen LogP contribution in [0.5, 0.6) is 0 Å². The molecule has 0 bridgehead atoms. The molecule has 1 fully saturated rings. The molecule has 0 saturated carbocycles. The van der Waals surface area contributed by atoms with Crippen molar-refractivity contribution in [3.63, 3.8) is 0 Å². The van der Waals surface area contributed by atoms with Crippen molar-refractivity contribution in [2.75, 3.05) is 20.1 Å². The van der Waals surface area contributed by atoms with Gasteiger partial charge in [-0.15, -0.1) is 0 Å². The predicted octanol–water partition coefficient (Wildman–Crippen LogP) is 0.147. The number of hydrogen-bond donors (Lipinski definition) is 2. The van der Waals surface area contributed by atoms with Crippen LogP contribution in [0, 0.1) is 12.7 Å². The van der Waals surface area contributed by atoms with E-state index < -0.39 is 34.8 Å². The lowest BCUT2D eigenvalue weighted by Gasteiger charge is -2.23. The van der Waals surface area contributed by atoms with Gasteiger partial charge in [-0.1, -0.05) is 12.1 Å². The molecule has 1 aromatic heterocycles. The molecule has 1 unspecified atom stereocenters. The number of halogens is 1. The van der Waals surface area contributed by atoms with Crippen LogP contribution >= 0.6 is 0 Å². The van der Waals surface area contributed by atoms with Gasteiger partial charge in [0.25, 0.3) is 5.91 Å². The molecule has 1 aliphatic rings. The average molecular weight is 415 g/mol. The Labute approximate surface area is 171 Å². The molecular weight excluding hydrogens is 393 g/mol. The summed E-state index contributed by atoms with van der Waals surface area (Å²) in [6, 6.07) is 6.44. The minimum Gasteiger partial charge on any atom is -0.357 e. The first-order chi connectivity index (χ1) is 14.3. The summed E-state index contributed by atoms with van der Waals surface area (Å²) >= 11 is 0. The molecule has 10 heteroatoms. The molecule has 1 aliphatic heterocycles. The zero-order valence-electron chi connectivity index (χ0n) is 16.6. The number of carbonyl (C=O) groups is 3. The Morgan fingerprint density at radius 2 is 2.00 bits per heavy atom. The number of likely N-dealkylation sites (tertiary alicyclic amines) is 1. The SMILES string of the molecule is CNC(=O)C1CCCN1C(=O)CNC(=O)c1nn(-c2ccccc2F)c(C)cc1=O.